The van der Waals surface area contributed by atoms with E-state index in [0.29, 0.717) is 18.3 Å². The van der Waals surface area contributed by atoms with Gasteiger partial charge in [-0.05, 0) is 78.5 Å². The fraction of sp³-hybridized carbons (Fsp3) is 0.708. The van der Waals surface area contributed by atoms with E-state index in [2.05, 4.69) is 6.92 Å². The number of hydrogen-bond donors (Lipinski definition) is 6. The van der Waals surface area contributed by atoms with Crippen molar-refractivity contribution in [3.8, 4) is 5.75 Å². The third-order valence-electron chi connectivity index (χ3n) is 8.78. The number of carbonyl (C=O) groups is 1. The van der Waals surface area contributed by atoms with Gasteiger partial charge in [0.25, 0.3) is 0 Å². The summed E-state index contributed by atoms with van der Waals surface area (Å²) in [6, 6.07) is 5.58. The number of carboxylic acid groups (broad SMARTS) is 1. The number of aliphatic hydroxyl groups excluding tert-OH is 4. The van der Waals surface area contributed by atoms with Gasteiger partial charge in [-0.25, -0.2) is 4.79 Å². The second-order valence-corrected chi connectivity index (χ2v) is 10.4. The first kappa shape index (κ1) is 23.0. The maximum Gasteiger partial charge on any atom is 0.335 e. The summed E-state index contributed by atoms with van der Waals surface area (Å²) in [6.07, 6.45) is -5.89. The summed E-state index contributed by atoms with van der Waals surface area (Å²) in [5, 5.41) is 60.7. The molecule has 6 N–H and O–H groups in total. The molecule has 1 saturated heterocycles. The van der Waals surface area contributed by atoms with Crippen molar-refractivity contribution in [3.05, 3.63) is 29.3 Å². The number of aliphatic hydroxyl groups is 4. The summed E-state index contributed by atoms with van der Waals surface area (Å²) in [4.78, 5) is 11.4. The molecular formula is C24H32O9. The molecule has 3 aliphatic carbocycles. The molecule has 4 aliphatic rings. The zero-order chi connectivity index (χ0) is 23.7. The predicted molar refractivity (Wildman–Crippen MR) is 113 cm³/mol. The number of aliphatic carboxylic acids is 1. The topological polar surface area (TPSA) is 157 Å². The van der Waals surface area contributed by atoms with Crippen LogP contribution in [0.2, 0.25) is 0 Å². The van der Waals surface area contributed by atoms with Crippen molar-refractivity contribution in [2.75, 3.05) is 0 Å². The Labute approximate surface area is 191 Å². The molecule has 9 heteroatoms. The second kappa shape index (κ2) is 8.18. The van der Waals surface area contributed by atoms with E-state index < -0.39 is 54.3 Å². The molecule has 1 aliphatic heterocycles. The molecule has 11 unspecified atom stereocenters. The average Bonchev–Trinajstić information content (AvgIpc) is 3.03. The second-order valence-electron chi connectivity index (χ2n) is 10.4. The largest absolute Gasteiger partial charge is 0.508 e. The zero-order valence-corrected chi connectivity index (χ0v) is 18.4. The molecule has 1 heterocycles. The zero-order valence-electron chi connectivity index (χ0n) is 18.4. The number of rotatable bonds is 3. The summed E-state index contributed by atoms with van der Waals surface area (Å²) >= 11 is 0. The summed E-state index contributed by atoms with van der Waals surface area (Å²) in [7, 11) is 0. The molecular weight excluding hydrogens is 432 g/mol. The lowest BCUT2D eigenvalue weighted by Gasteiger charge is -2.49. The number of hydrogen-bond acceptors (Lipinski definition) is 8. The van der Waals surface area contributed by atoms with Gasteiger partial charge < -0.3 is 40.1 Å². The van der Waals surface area contributed by atoms with Crippen molar-refractivity contribution < 1.29 is 44.9 Å². The van der Waals surface area contributed by atoms with E-state index in [0.717, 1.165) is 25.7 Å². The number of ether oxygens (including phenoxy) is 2. The molecule has 3 fully saturated rings. The summed E-state index contributed by atoms with van der Waals surface area (Å²) in [5.74, 6) is -0.367. The third kappa shape index (κ3) is 3.57. The predicted octanol–water partition coefficient (Wildman–Crippen LogP) is 0.496. The van der Waals surface area contributed by atoms with Crippen LogP contribution in [-0.4, -0.2) is 79.5 Å². The molecule has 33 heavy (non-hydrogen) atoms. The van der Waals surface area contributed by atoms with Crippen LogP contribution in [0.3, 0.4) is 0 Å². The number of aromatic hydroxyl groups is 1. The van der Waals surface area contributed by atoms with Crippen LogP contribution in [0, 0.1) is 17.3 Å². The minimum Gasteiger partial charge on any atom is -0.508 e. The van der Waals surface area contributed by atoms with E-state index in [1.807, 2.05) is 12.1 Å². The molecule has 0 aromatic heterocycles. The Balaban J connectivity index is 1.36. The first-order valence-electron chi connectivity index (χ1n) is 11.7. The highest BCUT2D eigenvalue weighted by Crippen LogP contribution is 2.61. The Morgan fingerprint density at radius 1 is 1.12 bits per heavy atom. The van der Waals surface area contributed by atoms with Crippen LogP contribution in [0.5, 0.6) is 5.75 Å². The van der Waals surface area contributed by atoms with Crippen LogP contribution >= 0.6 is 0 Å². The Morgan fingerprint density at radius 3 is 2.61 bits per heavy atom. The molecule has 0 amide bonds. The molecule has 1 aromatic carbocycles. The van der Waals surface area contributed by atoms with Crippen molar-refractivity contribution >= 4 is 5.97 Å². The molecule has 5 rings (SSSR count). The molecule has 1 aromatic rings. The molecule has 182 valence electrons. The van der Waals surface area contributed by atoms with Gasteiger partial charge in [0.05, 0.1) is 12.2 Å². The standard InChI is InChI=1S/C24H32O9/c1-24-7-6-13-12-5-3-11(25)8-10(12)2-4-14(13)15(24)9-16(21(24)29)32-23-19(28)17(26)18(27)20(33-23)22(30)31/h3,5,8,13-21,23,25-29H,2,4,6-7,9H2,1H3,(H,30,31). The average molecular weight is 465 g/mol. The number of phenolic OH excluding ortho intramolecular Hbond substituents is 1. The first-order chi connectivity index (χ1) is 15.6. The lowest BCUT2D eigenvalue weighted by Crippen LogP contribution is -2.61. The molecule has 0 spiro atoms. The summed E-state index contributed by atoms with van der Waals surface area (Å²) in [6.45, 7) is 2.06. The van der Waals surface area contributed by atoms with Crippen LogP contribution < -0.4 is 0 Å². The lowest BCUT2D eigenvalue weighted by atomic mass is 9.55. The Hall–Kier alpha value is -1.75. The van der Waals surface area contributed by atoms with Crippen molar-refractivity contribution in [3.63, 3.8) is 0 Å². The van der Waals surface area contributed by atoms with Crippen LogP contribution in [0.1, 0.15) is 49.7 Å². The smallest absolute Gasteiger partial charge is 0.335 e. The number of phenols is 1. The van der Waals surface area contributed by atoms with E-state index in [9.17, 15) is 35.4 Å². The van der Waals surface area contributed by atoms with Gasteiger partial charge in [-0.1, -0.05) is 13.0 Å². The Kier molecular flexibility index (Phi) is 5.70. The fourth-order valence-electron chi connectivity index (χ4n) is 7.00. The molecule has 0 radical (unpaired) electrons. The minimum absolute atomic E-state index is 0.157. The van der Waals surface area contributed by atoms with Gasteiger partial charge in [-0.2, -0.15) is 0 Å². The van der Waals surface area contributed by atoms with E-state index in [-0.39, 0.29) is 11.7 Å². The van der Waals surface area contributed by atoms with E-state index in [4.69, 9.17) is 9.47 Å². The summed E-state index contributed by atoms with van der Waals surface area (Å²) < 4.78 is 11.2. The molecule has 2 saturated carbocycles. The van der Waals surface area contributed by atoms with Crippen LogP contribution in [-0.2, 0) is 20.7 Å². The van der Waals surface area contributed by atoms with E-state index in [1.54, 1.807) is 6.07 Å². The highest BCUT2D eigenvalue weighted by Gasteiger charge is 2.59. The van der Waals surface area contributed by atoms with Crippen molar-refractivity contribution in [2.24, 2.45) is 17.3 Å². The van der Waals surface area contributed by atoms with Crippen molar-refractivity contribution in [1.29, 1.82) is 0 Å². The van der Waals surface area contributed by atoms with Gasteiger partial charge in [-0.3, -0.25) is 0 Å². The molecule has 11 atom stereocenters. The Morgan fingerprint density at radius 2 is 1.88 bits per heavy atom. The maximum absolute atomic E-state index is 11.4. The number of carboxylic acids is 1. The van der Waals surface area contributed by atoms with Gasteiger partial charge in [0.1, 0.15) is 24.1 Å². The monoisotopic (exact) mass is 464 g/mol. The minimum atomic E-state index is -1.78. The number of benzene rings is 1. The summed E-state index contributed by atoms with van der Waals surface area (Å²) in [5.41, 5.74) is 2.04. The normalized spacial score (nSPS) is 46.8. The first-order valence-corrected chi connectivity index (χ1v) is 11.7. The molecule has 0 bridgehead atoms. The van der Waals surface area contributed by atoms with E-state index in [1.165, 1.54) is 11.1 Å². The van der Waals surface area contributed by atoms with E-state index >= 15 is 0 Å². The third-order valence-corrected chi connectivity index (χ3v) is 8.78. The van der Waals surface area contributed by atoms with Crippen LogP contribution in [0.15, 0.2) is 18.2 Å². The van der Waals surface area contributed by atoms with Gasteiger partial charge in [0, 0.05) is 0 Å². The van der Waals surface area contributed by atoms with Crippen LogP contribution in [0.25, 0.3) is 0 Å². The lowest BCUT2D eigenvalue weighted by molar-refractivity contribution is -0.309. The number of fused-ring (bicyclic) bond motifs is 5. The van der Waals surface area contributed by atoms with Crippen LogP contribution in [0.4, 0.5) is 0 Å². The Bertz CT molecular complexity index is 921. The van der Waals surface area contributed by atoms with Gasteiger partial charge >= 0.3 is 5.97 Å². The number of aryl methyl sites for hydroxylation is 1. The van der Waals surface area contributed by atoms with Gasteiger partial charge in [-0.15, -0.1) is 0 Å². The quantitative estimate of drug-likeness (QED) is 0.375. The van der Waals surface area contributed by atoms with Gasteiger partial charge in [0.15, 0.2) is 12.4 Å². The van der Waals surface area contributed by atoms with Crippen molar-refractivity contribution in [2.45, 2.75) is 87.9 Å². The fourth-order valence-corrected chi connectivity index (χ4v) is 7.00. The highest BCUT2D eigenvalue weighted by atomic mass is 16.7. The maximum atomic E-state index is 11.4. The van der Waals surface area contributed by atoms with Crippen molar-refractivity contribution in [1.82, 2.24) is 0 Å². The SMILES string of the molecule is CC12CCC3c4ccc(O)cc4CCC3C1CC(OC1OC(C(=O)O)C(O)C(O)C1O)C2O. The van der Waals surface area contributed by atoms with Gasteiger partial charge in [0.2, 0.25) is 0 Å². The highest BCUT2D eigenvalue weighted by molar-refractivity contribution is 5.73. The molecule has 9 nitrogen and oxygen atoms in total.